The number of aromatic nitrogens is 1. The fourth-order valence-corrected chi connectivity index (χ4v) is 3.49. The highest BCUT2D eigenvalue weighted by Crippen LogP contribution is 2.43. The number of carbonyl (C=O) groups is 2. The Labute approximate surface area is 167 Å². The predicted octanol–water partition coefficient (Wildman–Crippen LogP) is 5.18. The highest BCUT2D eigenvalue weighted by Gasteiger charge is 2.37. The van der Waals surface area contributed by atoms with Crippen molar-refractivity contribution in [1.82, 2.24) is 4.98 Å². The number of amides is 1. The average Bonchev–Trinajstić information content (AvgIpc) is 3.14. The molecule has 2 heterocycles. The first-order valence-electron chi connectivity index (χ1n) is 8.18. The molecule has 0 saturated heterocycles. The van der Waals surface area contributed by atoms with Gasteiger partial charge in [-0.2, -0.15) is 13.2 Å². The van der Waals surface area contributed by atoms with Gasteiger partial charge in [0.1, 0.15) is 4.88 Å². The molecule has 0 aliphatic heterocycles. The molecule has 0 aliphatic rings. The summed E-state index contributed by atoms with van der Waals surface area (Å²) >= 11 is 0.348. The van der Waals surface area contributed by atoms with Gasteiger partial charge in [-0.15, -0.1) is 11.3 Å². The number of carbonyl (C=O) groups excluding carboxylic acids is 1. The molecule has 0 unspecified atom stereocenters. The minimum absolute atomic E-state index is 0.0750. The highest BCUT2D eigenvalue weighted by atomic mass is 32.1. The quantitative estimate of drug-likeness (QED) is 0.560. The van der Waals surface area contributed by atoms with E-state index >= 15 is 0 Å². The van der Waals surface area contributed by atoms with Crippen molar-refractivity contribution in [1.29, 1.82) is 0 Å². The third-order valence-electron chi connectivity index (χ3n) is 3.80. The Hall–Kier alpha value is -3.46. The summed E-state index contributed by atoms with van der Waals surface area (Å²) in [6.07, 6.45) is 0.197. The normalized spacial score (nSPS) is 11.6. The van der Waals surface area contributed by atoms with Crippen molar-refractivity contribution in [3.8, 4) is 11.1 Å². The lowest BCUT2D eigenvalue weighted by atomic mass is 10.1. The standard InChI is InChI=1S/C20H13F3N2O3S/c21-20(22,23)18-14(12-4-2-1-3-5-12)10-16(29-18)19(28)25-15-8-9-24-11-13(15)6-7-17(26)27/h1-11H,(H,26,27)(H,24,25,28)/b7-6+. The fourth-order valence-electron chi connectivity index (χ4n) is 2.54. The molecule has 2 aromatic heterocycles. The molecule has 0 fully saturated rings. The van der Waals surface area contributed by atoms with Gasteiger partial charge in [-0.25, -0.2) is 4.79 Å². The van der Waals surface area contributed by atoms with Crippen LogP contribution in [0.4, 0.5) is 18.9 Å². The van der Waals surface area contributed by atoms with E-state index in [0.29, 0.717) is 22.5 Å². The van der Waals surface area contributed by atoms with E-state index in [4.69, 9.17) is 5.11 Å². The highest BCUT2D eigenvalue weighted by molar-refractivity contribution is 7.14. The minimum Gasteiger partial charge on any atom is -0.478 e. The van der Waals surface area contributed by atoms with Crippen molar-refractivity contribution < 1.29 is 27.9 Å². The average molecular weight is 418 g/mol. The number of carboxylic acid groups (broad SMARTS) is 1. The van der Waals surface area contributed by atoms with Crippen LogP contribution in [0.1, 0.15) is 20.1 Å². The molecule has 0 atom stereocenters. The van der Waals surface area contributed by atoms with E-state index in [2.05, 4.69) is 10.3 Å². The number of thiophene rings is 1. The molecular weight excluding hydrogens is 405 g/mol. The maximum atomic E-state index is 13.5. The Kier molecular flexibility index (Phi) is 5.79. The van der Waals surface area contributed by atoms with E-state index in [9.17, 15) is 22.8 Å². The lowest BCUT2D eigenvalue weighted by molar-refractivity contribution is -0.134. The number of hydrogen-bond acceptors (Lipinski definition) is 4. The number of halogens is 3. The van der Waals surface area contributed by atoms with E-state index in [-0.39, 0.29) is 16.1 Å². The number of aliphatic carboxylic acids is 1. The summed E-state index contributed by atoms with van der Waals surface area (Å²) in [5, 5.41) is 11.3. The van der Waals surface area contributed by atoms with Crippen LogP contribution >= 0.6 is 11.3 Å². The topological polar surface area (TPSA) is 79.3 Å². The second kappa shape index (κ2) is 8.27. The molecule has 29 heavy (non-hydrogen) atoms. The number of hydrogen-bond donors (Lipinski definition) is 2. The number of alkyl halides is 3. The number of anilines is 1. The van der Waals surface area contributed by atoms with Crippen LogP contribution in [-0.2, 0) is 11.0 Å². The zero-order valence-electron chi connectivity index (χ0n) is 14.6. The number of carboxylic acids is 1. The van der Waals surface area contributed by atoms with Crippen molar-refractivity contribution in [3.63, 3.8) is 0 Å². The Morgan fingerprint density at radius 1 is 1.14 bits per heavy atom. The molecule has 0 aliphatic carbocycles. The molecule has 0 spiro atoms. The van der Waals surface area contributed by atoms with Crippen molar-refractivity contribution in [2.24, 2.45) is 0 Å². The number of rotatable bonds is 5. The number of nitrogens with one attached hydrogen (secondary N) is 1. The van der Waals surface area contributed by atoms with Crippen molar-refractivity contribution in [3.05, 3.63) is 76.3 Å². The van der Waals surface area contributed by atoms with Gasteiger partial charge in [0.15, 0.2) is 0 Å². The number of pyridine rings is 1. The van der Waals surface area contributed by atoms with Crippen LogP contribution in [0.15, 0.2) is 60.9 Å². The van der Waals surface area contributed by atoms with Crippen LogP contribution < -0.4 is 5.32 Å². The monoisotopic (exact) mass is 418 g/mol. The van der Waals surface area contributed by atoms with Gasteiger partial charge in [-0.1, -0.05) is 30.3 Å². The molecule has 2 N–H and O–H groups in total. The summed E-state index contributed by atoms with van der Waals surface area (Å²) in [5.74, 6) is -1.93. The predicted molar refractivity (Wildman–Crippen MR) is 104 cm³/mol. The van der Waals surface area contributed by atoms with Crippen molar-refractivity contribution >= 4 is 35.0 Å². The van der Waals surface area contributed by atoms with Crippen LogP contribution in [0.25, 0.3) is 17.2 Å². The molecular formula is C20H13F3N2O3S. The summed E-state index contributed by atoms with van der Waals surface area (Å²) in [6, 6.07) is 10.6. The van der Waals surface area contributed by atoms with Gasteiger partial charge in [0.05, 0.1) is 10.6 Å². The van der Waals surface area contributed by atoms with Gasteiger partial charge in [0.2, 0.25) is 0 Å². The molecule has 1 aromatic carbocycles. The molecule has 5 nitrogen and oxygen atoms in total. The fraction of sp³-hybridized carbons (Fsp3) is 0.0500. The van der Waals surface area contributed by atoms with Gasteiger partial charge < -0.3 is 10.4 Å². The van der Waals surface area contributed by atoms with Gasteiger partial charge in [0.25, 0.3) is 5.91 Å². The van der Waals surface area contributed by atoms with Gasteiger partial charge in [-0.05, 0) is 23.8 Å². The van der Waals surface area contributed by atoms with E-state index in [1.165, 1.54) is 42.7 Å². The van der Waals surface area contributed by atoms with Gasteiger partial charge in [-0.3, -0.25) is 9.78 Å². The first-order chi connectivity index (χ1) is 13.8. The third-order valence-corrected chi connectivity index (χ3v) is 4.98. The van der Waals surface area contributed by atoms with Crippen molar-refractivity contribution in [2.75, 3.05) is 5.32 Å². The van der Waals surface area contributed by atoms with Crippen LogP contribution in [0, 0.1) is 0 Å². The summed E-state index contributed by atoms with van der Waals surface area (Å²) in [6.45, 7) is 0. The maximum Gasteiger partial charge on any atom is 0.426 e. The minimum atomic E-state index is -4.61. The van der Waals surface area contributed by atoms with E-state index in [0.717, 1.165) is 6.08 Å². The SMILES string of the molecule is O=C(O)/C=C/c1cnccc1NC(=O)c1cc(-c2ccccc2)c(C(F)(F)F)s1. The summed E-state index contributed by atoms with van der Waals surface area (Å²) in [5.41, 5.74) is 0.808. The molecule has 0 saturated carbocycles. The molecule has 0 radical (unpaired) electrons. The molecule has 3 aromatic rings. The summed E-state index contributed by atoms with van der Waals surface area (Å²) in [4.78, 5) is 26.2. The molecule has 9 heteroatoms. The second-order valence-electron chi connectivity index (χ2n) is 5.81. The molecule has 1 amide bonds. The third kappa shape index (κ3) is 4.88. The van der Waals surface area contributed by atoms with E-state index < -0.39 is 22.9 Å². The Bertz CT molecular complexity index is 1080. The zero-order valence-corrected chi connectivity index (χ0v) is 15.4. The first-order valence-corrected chi connectivity index (χ1v) is 9.00. The van der Waals surface area contributed by atoms with Gasteiger partial charge in [0, 0.05) is 29.6 Å². The maximum absolute atomic E-state index is 13.5. The molecule has 148 valence electrons. The summed E-state index contributed by atoms with van der Waals surface area (Å²) < 4.78 is 40.5. The van der Waals surface area contributed by atoms with Crippen LogP contribution in [0.2, 0.25) is 0 Å². The molecule has 3 rings (SSSR count). The lowest BCUT2D eigenvalue weighted by Crippen LogP contribution is -2.11. The van der Waals surface area contributed by atoms with Gasteiger partial charge >= 0.3 is 12.1 Å². The smallest absolute Gasteiger partial charge is 0.426 e. The largest absolute Gasteiger partial charge is 0.478 e. The first kappa shape index (κ1) is 20.3. The van der Waals surface area contributed by atoms with Crippen LogP contribution in [0.3, 0.4) is 0 Å². The number of nitrogens with zero attached hydrogens (tertiary/aromatic N) is 1. The second-order valence-corrected chi connectivity index (χ2v) is 6.86. The van der Waals surface area contributed by atoms with E-state index in [1.807, 2.05) is 0 Å². The lowest BCUT2D eigenvalue weighted by Gasteiger charge is -2.07. The zero-order chi connectivity index (χ0) is 21.0. The number of benzene rings is 1. The Morgan fingerprint density at radius 3 is 2.52 bits per heavy atom. The van der Waals surface area contributed by atoms with Crippen molar-refractivity contribution in [2.45, 2.75) is 6.18 Å². The Balaban J connectivity index is 1.95. The van der Waals surface area contributed by atoms with E-state index in [1.54, 1.807) is 18.2 Å². The Morgan fingerprint density at radius 2 is 1.86 bits per heavy atom. The summed E-state index contributed by atoms with van der Waals surface area (Å²) in [7, 11) is 0. The van der Waals surface area contributed by atoms with Crippen LogP contribution in [0.5, 0.6) is 0 Å². The molecule has 0 bridgehead atoms. The van der Waals surface area contributed by atoms with Crippen LogP contribution in [-0.4, -0.2) is 22.0 Å².